The molecule has 4 rings (SSSR count). The molecule has 5 atom stereocenters. The summed E-state index contributed by atoms with van der Waals surface area (Å²) in [5.74, 6) is -2.64. The van der Waals surface area contributed by atoms with Crippen LogP contribution in [0.4, 0.5) is 4.79 Å². The molecule has 4 N–H and O–H groups in total. The molecule has 3 aromatic carbocycles. The molecule has 1 saturated heterocycles. The Kier molecular flexibility index (Phi) is 14.6. The molecule has 12 heteroatoms. The Morgan fingerprint density at radius 2 is 1.42 bits per heavy atom. The van der Waals surface area contributed by atoms with Crippen LogP contribution in [0.25, 0.3) is 0 Å². The number of carbonyl (C=O) groups is 3. The molecule has 0 bridgehead atoms. The third-order valence-electron chi connectivity index (χ3n) is 9.64. The first kappa shape index (κ1) is 41.5. The summed E-state index contributed by atoms with van der Waals surface area (Å²) in [5.41, 5.74) is 0.333. The van der Waals surface area contributed by atoms with Gasteiger partial charge in [-0.05, 0) is 82.7 Å². The van der Waals surface area contributed by atoms with Crippen LogP contribution < -0.4 is 16.0 Å². The summed E-state index contributed by atoms with van der Waals surface area (Å²) in [7, 11) is -2.37. The highest BCUT2D eigenvalue weighted by atomic mass is 32.2. The number of sulfone groups is 1. The molecule has 1 heterocycles. The molecule has 288 valence electrons. The fraction of sp³-hybridized carbons (Fsp3) is 0.488. The molecule has 0 radical (unpaired) electrons. The van der Waals surface area contributed by atoms with Gasteiger partial charge in [-0.3, -0.25) is 9.59 Å². The normalized spacial score (nSPS) is 16.9. The van der Waals surface area contributed by atoms with E-state index in [4.69, 9.17) is 4.74 Å². The molecule has 0 aliphatic carbocycles. The maximum atomic E-state index is 14.8. The second-order valence-electron chi connectivity index (χ2n) is 15.2. The lowest BCUT2D eigenvalue weighted by Gasteiger charge is -2.36. The number of ether oxygens (including phenoxy) is 1. The van der Waals surface area contributed by atoms with E-state index in [0.29, 0.717) is 24.7 Å². The summed E-state index contributed by atoms with van der Waals surface area (Å²) in [6.07, 6.45) is -0.820. The van der Waals surface area contributed by atoms with E-state index < -0.39 is 56.8 Å². The van der Waals surface area contributed by atoms with Crippen molar-refractivity contribution in [3.8, 4) is 0 Å². The second kappa shape index (κ2) is 18.7. The van der Waals surface area contributed by atoms with Gasteiger partial charge in [-0.15, -0.1) is 0 Å². The maximum absolute atomic E-state index is 14.8. The summed E-state index contributed by atoms with van der Waals surface area (Å²) >= 11 is 0. The minimum Gasteiger partial charge on any atom is -0.444 e. The molecule has 11 nitrogen and oxygen atoms in total. The van der Waals surface area contributed by atoms with Crippen molar-refractivity contribution in [2.75, 3.05) is 20.1 Å². The number of nitrogens with zero attached hydrogens (tertiary/aromatic N) is 1. The first-order valence-corrected chi connectivity index (χ1v) is 20.0. The molecule has 3 amide bonds. The van der Waals surface area contributed by atoms with E-state index >= 15 is 0 Å². The largest absolute Gasteiger partial charge is 0.444 e. The number of aliphatic hydroxyl groups excluding tert-OH is 1. The van der Waals surface area contributed by atoms with Crippen LogP contribution in [0.5, 0.6) is 0 Å². The fourth-order valence-corrected chi connectivity index (χ4v) is 8.80. The third kappa shape index (κ3) is 11.6. The Labute approximate surface area is 314 Å². The monoisotopic (exact) mass is 748 g/mol. The fourth-order valence-electron chi connectivity index (χ4n) is 6.79. The number of benzene rings is 3. The number of carbonyl (C=O) groups excluding carboxylic acids is 3. The highest BCUT2D eigenvalue weighted by molar-refractivity contribution is 7.91. The molecule has 0 saturated carbocycles. The van der Waals surface area contributed by atoms with Crippen LogP contribution in [0.15, 0.2) is 95.9 Å². The van der Waals surface area contributed by atoms with E-state index in [9.17, 15) is 27.9 Å². The molecule has 1 fully saturated rings. The zero-order valence-electron chi connectivity index (χ0n) is 31.7. The van der Waals surface area contributed by atoms with Crippen molar-refractivity contribution in [2.24, 2.45) is 11.8 Å². The molecular formula is C41H56N4O7S. The minimum absolute atomic E-state index is 0.0118. The molecular weight excluding hydrogens is 693 g/mol. The predicted octanol–water partition coefficient (Wildman–Crippen LogP) is 5.06. The molecule has 1 aliphatic heterocycles. The van der Waals surface area contributed by atoms with Crippen LogP contribution >= 0.6 is 0 Å². The topological polar surface area (TPSA) is 154 Å². The quantitative estimate of drug-likeness (QED) is 0.168. The number of hydrogen-bond acceptors (Lipinski definition) is 8. The van der Waals surface area contributed by atoms with Gasteiger partial charge >= 0.3 is 6.09 Å². The summed E-state index contributed by atoms with van der Waals surface area (Å²) in [5, 5.41) is 19.6. The smallest absolute Gasteiger partial charge is 0.407 e. The van der Waals surface area contributed by atoms with Crippen LogP contribution in [0.2, 0.25) is 0 Å². The number of amides is 3. The van der Waals surface area contributed by atoms with Gasteiger partial charge in [0.05, 0.1) is 23.0 Å². The van der Waals surface area contributed by atoms with E-state index in [1.165, 1.54) is 12.1 Å². The van der Waals surface area contributed by atoms with E-state index in [1.54, 1.807) is 74.2 Å². The second-order valence-corrected chi connectivity index (χ2v) is 17.2. The van der Waals surface area contributed by atoms with Gasteiger partial charge in [-0.25, -0.2) is 13.2 Å². The number of aliphatic hydroxyl groups is 1. The number of nitrogens with one attached hydrogen (secondary N) is 3. The lowest BCUT2D eigenvalue weighted by molar-refractivity contribution is -0.140. The summed E-state index contributed by atoms with van der Waals surface area (Å²) in [6.45, 7) is 9.90. The zero-order chi connectivity index (χ0) is 38.8. The van der Waals surface area contributed by atoms with Crippen molar-refractivity contribution < 1.29 is 32.6 Å². The van der Waals surface area contributed by atoms with Crippen molar-refractivity contribution in [3.05, 3.63) is 102 Å². The Balaban J connectivity index is 1.78. The molecule has 0 aromatic heterocycles. The molecule has 5 unspecified atom stereocenters. The Morgan fingerprint density at radius 3 is 1.94 bits per heavy atom. The van der Waals surface area contributed by atoms with E-state index in [1.807, 2.05) is 51.2 Å². The van der Waals surface area contributed by atoms with E-state index in [2.05, 4.69) is 16.0 Å². The zero-order valence-corrected chi connectivity index (χ0v) is 32.5. The van der Waals surface area contributed by atoms with Crippen molar-refractivity contribution in [3.63, 3.8) is 0 Å². The van der Waals surface area contributed by atoms with Crippen molar-refractivity contribution in [2.45, 2.75) is 100 Å². The highest BCUT2D eigenvalue weighted by Gasteiger charge is 2.44. The highest BCUT2D eigenvalue weighted by Crippen LogP contribution is 2.38. The maximum Gasteiger partial charge on any atom is 0.407 e. The van der Waals surface area contributed by atoms with Crippen LogP contribution in [0.1, 0.15) is 70.3 Å². The Morgan fingerprint density at radius 1 is 0.868 bits per heavy atom. The third-order valence-corrected chi connectivity index (χ3v) is 11.8. The molecule has 0 spiro atoms. The van der Waals surface area contributed by atoms with Gasteiger partial charge in [0, 0.05) is 19.1 Å². The van der Waals surface area contributed by atoms with Gasteiger partial charge < -0.3 is 30.7 Å². The van der Waals surface area contributed by atoms with Crippen molar-refractivity contribution in [1.82, 2.24) is 20.9 Å². The van der Waals surface area contributed by atoms with Gasteiger partial charge in [-0.2, -0.15) is 0 Å². The first-order chi connectivity index (χ1) is 25.1. The van der Waals surface area contributed by atoms with Gasteiger partial charge in [0.2, 0.25) is 11.8 Å². The molecule has 3 aromatic rings. The van der Waals surface area contributed by atoms with Gasteiger partial charge in [0.15, 0.2) is 9.84 Å². The number of hydrogen-bond donors (Lipinski definition) is 4. The minimum atomic E-state index is -4.27. The van der Waals surface area contributed by atoms with E-state index in [-0.39, 0.29) is 29.6 Å². The Bertz CT molecular complexity index is 1730. The summed E-state index contributed by atoms with van der Waals surface area (Å²) in [6, 6.07) is 24.0. The predicted molar refractivity (Wildman–Crippen MR) is 206 cm³/mol. The van der Waals surface area contributed by atoms with Crippen LogP contribution in [0, 0.1) is 11.8 Å². The number of piperidine rings is 1. The summed E-state index contributed by atoms with van der Waals surface area (Å²) < 4.78 is 34.9. The molecule has 53 heavy (non-hydrogen) atoms. The van der Waals surface area contributed by atoms with Gasteiger partial charge in [-0.1, -0.05) is 92.7 Å². The number of alkyl carbamates (subject to hydrolysis) is 1. The van der Waals surface area contributed by atoms with Crippen molar-refractivity contribution >= 4 is 27.7 Å². The standard InChI is InChI=1S/C41H56N4O7S/c1-28(2)36(39(48)45-24-22-31(42-6)23-25-45)44-38(47)33(37(30-18-12-8-13-19-30)53(50,51)32-20-14-9-15-21-32)27-35(46)34(26-29-16-10-7-11-17-29)43-40(49)52-41(3,4)5/h7-21,28,31,33-37,42,46H,22-27H2,1-6H3,(H,43,49)(H,44,47). The lowest BCUT2D eigenvalue weighted by Crippen LogP contribution is -2.56. The van der Waals surface area contributed by atoms with Crippen LogP contribution in [0.3, 0.4) is 0 Å². The average Bonchev–Trinajstić information content (AvgIpc) is 3.13. The number of likely N-dealkylation sites (tertiary alicyclic amines) is 1. The van der Waals surface area contributed by atoms with Gasteiger partial charge in [0.25, 0.3) is 0 Å². The SMILES string of the molecule is CNC1CCN(C(=O)C(NC(=O)C(CC(O)C(Cc2ccccc2)NC(=O)OC(C)(C)C)C(c2ccccc2)S(=O)(=O)c2ccccc2)C(C)C)CC1. The lowest BCUT2D eigenvalue weighted by atomic mass is 9.87. The summed E-state index contributed by atoms with van der Waals surface area (Å²) in [4.78, 5) is 43.6. The van der Waals surface area contributed by atoms with Crippen LogP contribution in [-0.2, 0) is 30.6 Å². The Hall–Kier alpha value is -4.26. The molecule has 1 aliphatic rings. The van der Waals surface area contributed by atoms with E-state index in [0.717, 1.165) is 18.4 Å². The number of rotatable bonds is 15. The van der Waals surface area contributed by atoms with Gasteiger partial charge in [0.1, 0.15) is 16.9 Å². The van der Waals surface area contributed by atoms with Crippen molar-refractivity contribution in [1.29, 1.82) is 0 Å². The first-order valence-electron chi connectivity index (χ1n) is 18.4. The average molecular weight is 749 g/mol. The van der Waals surface area contributed by atoms with Crippen LogP contribution in [-0.4, -0.2) is 86.3 Å².